The maximum absolute atomic E-state index is 12.8. The van der Waals surface area contributed by atoms with Gasteiger partial charge in [-0.25, -0.2) is 0 Å². The first kappa shape index (κ1) is 18.9. The van der Waals surface area contributed by atoms with E-state index in [4.69, 9.17) is 4.74 Å². The monoisotopic (exact) mass is 367 g/mol. The summed E-state index contributed by atoms with van der Waals surface area (Å²) < 4.78 is 5.17. The van der Waals surface area contributed by atoms with Gasteiger partial charge in [-0.05, 0) is 36.9 Å². The Morgan fingerprint density at radius 3 is 2.41 bits per heavy atom. The quantitative estimate of drug-likeness (QED) is 0.883. The minimum Gasteiger partial charge on any atom is -0.497 e. The number of benzene rings is 2. The Labute approximate surface area is 159 Å². The van der Waals surface area contributed by atoms with Crippen molar-refractivity contribution in [1.29, 1.82) is 0 Å². The molecule has 1 fully saturated rings. The molecule has 0 radical (unpaired) electrons. The Bertz CT molecular complexity index is 814. The van der Waals surface area contributed by atoms with E-state index in [9.17, 15) is 9.59 Å². The fourth-order valence-corrected chi connectivity index (χ4v) is 3.15. The van der Waals surface area contributed by atoms with Crippen molar-refractivity contribution < 1.29 is 14.3 Å². The number of likely N-dealkylation sites (N-methyl/N-ethyl adjacent to an activating group) is 1. The van der Waals surface area contributed by atoms with Crippen LogP contribution in [0, 0.1) is 0 Å². The highest BCUT2D eigenvalue weighted by Crippen LogP contribution is 2.18. The molecule has 6 heteroatoms. The van der Waals surface area contributed by atoms with Gasteiger partial charge >= 0.3 is 0 Å². The van der Waals surface area contributed by atoms with Gasteiger partial charge in [-0.3, -0.25) is 9.59 Å². The lowest BCUT2D eigenvalue weighted by Crippen LogP contribution is -2.48. The number of hydrogen-bond donors (Lipinski definition) is 1. The van der Waals surface area contributed by atoms with Crippen LogP contribution >= 0.6 is 0 Å². The summed E-state index contributed by atoms with van der Waals surface area (Å²) in [5, 5.41) is 2.84. The van der Waals surface area contributed by atoms with E-state index in [1.54, 1.807) is 43.5 Å². The first-order valence-electron chi connectivity index (χ1n) is 9.18. The van der Waals surface area contributed by atoms with E-state index in [1.165, 1.54) is 0 Å². The average molecular weight is 367 g/mol. The number of nitrogens with zero attached hydrogens (tertiary/aromatic N) is 2. The molecule has 6 nitrogen and oxygen atoms in total. The second-order valence-electron chi connectivity index (χ2n) is 6.49. The molecular weight excluding hydrogens is 342 g/mol. The Balaban J connectivity index is 1.69. The third-order valence-corrected chi connectivity index (χ3v) is 4.81. The third kappa shape index (κ3) is 4.65. The van der Waals surface area contributed by atoms with Gasteiger partial charge in [-0.15, -0.1) is 0 Å². The topological polar surface area (TPSA) is 61.9 Å². The van der Waals surface area contributed by atoms with Crippen molar-refractivity contribution in [2.24, 2.45) is 0 Å². The molecule has 0 aliphatic carbocycles. The van der Waals surface area contributed by atoms with Gasteiger partial charge in [0, 0.05) is 49.1 Å². The van der Waals surface area contributed by atoms with E-state index in [0.29, 0.717) is 35.7 Å². The molecule has 0 aromatic heterocycles. The van der Waals surface area contributed by atoms with Gasteiger partial charge in [0.05, 0.1) is 7.11 Å². The minimum absolute atomic E-state index is 0.0261. The van der Waals surface area contributed by atoms with Crippen LogP contribution in [0.25, 0.3) is 0 Å². The van der Waals surface area contributed by atoms with Crippen LogP contribution in [0.4, 0.5) is 5.69 Å². The molecule has 0 bridgehead atoms. The van der Waals surface area contributed by atoms with E-state index in [-0.39, 0.29) is 11.8 Å². The molecule has 142 valence electrons. The summed E-state index contributed by atoms with van der Waals surface area (Å²) in [6, 6.07) is 14.0. The normalized spacial score (nSPS) is 14.7. The number of rotatable bonds is 5. The van der Waals surface area contributed by atoms with Crippen LogP contribution in [-0.2, 0) is 0 Å². The molecule has 2 aromatic carbocycles. The second-order valence-corrected chi connectivity index (χ2v) is 6.49. The number of nitrogens with one attached hydrogen (secondary N) is 1. The number of hydrogen-bond acceptors (Lipinski definition) is 4. The van der Waals surface area contributed by atoms with Crippen LogP contribution in [-0.4, -0.2) is 61.4 Å². The van der Waals surface area contributed by atoms with Gasteiger partial charge in [-0.1, -0.05) is 19.1 Å². The summed E-state index contributed by atoms with van der Waals surface area (Å²) in [6.07, 6.45) is 0. The van der Waals surface area contributed by atoms with E-state index in [1.807, 2.05) is 17.0 Å². The first-order chi connectivity index (χ1) is 13.1. The summed E-state index contributed by atoms with van der Waals surface area (Å²) in [6.45, 7) is 6.33. The molecule has 1 N–H and O–H groups in total. The first-order valence-corrected chi connectivity index (χ1v) is 9.18. The zero-order valence-corrected chi connectivity index (χ0v) is 15.8. The standard InChI is InChI=1S/C21H25N3O3/c1-3-23-10-12-24(13-11-23)21(26)17-7-4-6-16(14-17)20(25)22-18-8-5-9-19(15-18)27-2/h4-9,14-15H,3,10-13H2,1-2H3,(H,22,25). The SMILES string of the molecule is CCN1CCN(C(=O)c2cccc(C(=O)Nc3cccc(OC)c3)c2)CC1. The van der Waals surface area contributed by atoms with Crippen molar-refractivity contribution in [3.05, 3.63) is 59.7 Å². The second kappa shape index (κ2) is 8.68. The van der Waals surface area contributed by atoms with Crippen molar-refractivity contribution >= 4 is 17.5 Å². The van der Waals surface area contributed by atoms with E-state index in [0.717, 1.165) is 19.6 Å². The summed E-state index contributed by atoms with van der Waals surface area (Å²) in [5.74, 6) is 0.387. The molecule has 0 unspecified atom stereocenters. The van der Waals surface area contributed by atoms with Crippen LogP contribution in [0.2, 0.25) is 0 Å². The zero-order chi connectivity index (χ0) is 19.2. The number of carbonyl (C=O) groups excluding carboxylic acids is 2. The maximum Gasteiger partial charge on any atom is 0.255 e. The van der Waals surface area contributed by atoms with Gasteiger partial charge in [0.2, 0.25) is 0 Å². The van der Waals surface area contributed by atoms with Crippen molar-refractivity contribution in [2.75, 3.05) is 45.2 Å². The molecule has 2 amide bonds. The number of anilines is 1. The number of piperazine rings is 1. The number of amides is 2. The lowest BCUT2D eigenvalue weighted by Gasteiger charge is -2.34. The van der Waals surface area contributed by atoms with Gasteiger partial charge < -0.3 is 19.9 Å². The van der Waals surface area contributed by atoms with Crippen LogP contribution in [0.1, 0.15) is 27.6 Å². The molecule has 1 heterocycles. The van der Waals surface area contributed by atoms with Crippen LogP contribution < -0.4 is 10.1 Å². The van der Waals surface area contributed by atoms with Gasteiger partial charge in [-0.2, -0.15) is 0 Å². The number of carbonyl (C=O) groups is 2. The van der Waals surface area contributed by atoms with Gasteiger partial charge in [0.15, 0.2) is 0 Å². The smallest absolute Gasteiger partial charge is 0.255 e. The highest BCUT2D eigenvalue weighted by atomic mass is 16.5. The van der Waals surface area contributed by atoms with Gasteiger partial charge in [0.1, 0.15) is 5.75 Å². The molecule has 2 aromatic rings. The van der Waals surface area contributed by atoms with E-state index >= 15 is 0 Å². The maximum atomic E-state index is 12.8. The number of ether oxygens (including phenoxy) is 1. The number of methoxy groups -OCH3 is 1. The lowest BCUT2D eigenvalue weighted by molar-refractivity contribution is 0.0643. The summed E-state index contributed by atoms with van der Waals surface area (Å²) >= 11 is 0. The highest BCUT2D eigenvalue weighted by Gasteiger charge is 2.22. The predicted molar refractivity (Wildman–Crippen MR) is 105 cm³/mol. The highest BCUT2D eigenvalue weighted by molar-refractivity contribution is 6.06. The summed E-state index contributed by atoms with van der Waals surface area (Å²) in [5.41, 5.74) is 1.64. The Morgan fingerprint density at radius 1 is 1.00 bits per heavy atom. The fourth-order valence-electron chi connectivity index (χ4n) is 3.15. The van der Waals surface area contributed by atoms with Crippen molar-refractivity contribution in [1.82, 2.24) is 9.80 Å². The molecule has 0 spiro atoms. The van der Waals surface area contributed by atoms with Crippen molar-refractivity contribution in [3.63, 3.8) is 0 Å². The van der Waals surface area contributed by atoms with Crippen LogP contribution in [0.15, 0.2) is 48.5 Å². The largest absolute Gasteiger partial charge is 0.497 e. The molecule has 1 aliphatic heterocycles. The zero-order valence-electron chi connectivity index (χ0n) is 15.8. The molecular formula is C21H25N3O3. The minimum atomic E-state index is -0.256. The average Bonchev–Trinajstić information content (AvgIpc) is 2.73. The van der Waals surface area contributed by atoms with E-state index < -0.39 is 0 Å². The van der Waals surface area contributed by atoms with E-state index in [2.05, 4.69) is 17.1 Å². The molecule has 27 heavy (non-hydrogen) atoms. The lowest BCUT2D eigenvalue weighted by atomic mass is 10.1. The van der Waals surface area contributed by atoms with Crippen LogP contribution in [0.3, 0.4) is 0 Å². The van der Waals surface area contributed by atoms with Gasteiger partial charge in [0.25, 0.3) is 11.8 Å². The Morgan fingerprint density at radius 2 is 1.70 bits per heavy atom. The molecule has 1 aliphatic rings. The molecule has 0 atom stereocenters. The summed E-state index contributed by atoms with van der Waals surface area (Å²) in [4.78, 5) is 29.5. The molecule has 0 saturated carbocycles. The molecule has 3 rings (SSSR count). The van der Waals surface area contributed by atoms with Crippen molar-refractivity contribution in [2.45, 2.75) is 6.92 Å². The predicted octanol–water partition coefficient (Wildman–Crippen LogP) is 2.73. The Hall–Kier alpha value is -2.86. The third-order valence-electron chi connectivity index (χ3n) is 4.81. The Kier molecular flexibility index (Phi) is 6.08. The fraction of sp³-hybridized carbons (Fsp3) is 0.333. The summed E-state index contributed by atoms with van der Waals surface area (Å²) in [7, 11) is 1.58. The van der Waals surface area contributed by atoms with Crippen LogP contribution in [0.5, 0.6) is 5.75 Å². The molecule has 1 saturated heterocycles. The van der Waals surface area contributed by atoms with Crippen molar-refractivity contribution in [3.8, 4) is 5.75 Å².